The van der Waals surface area contributed by atoms with E-state index in [9.17, 15) is 23.5 Å². The Labute approximate surface area is 207 Å². The first kappa shape index (κ1) is 26.9. The number of carbonyl (C=O) groups excluding carboxylic acids is 2. The number of alkyl halides is 1. The number of amides is 2. The maximum Gasteiger partial charge on any atom is 0.414 e. The third-order valence-corrected chi connectivity index (χ3v) is 5.75. The molecule has 3 aromatic rings. The summed E-state index contributed by atoms with van der Waals surface area (Å²) in [4.78, 5) is 33.0. The fourth-order valence-electron chi connectivity index (χ4n) is 3.82. The molecule has 3 rings (SSSR count). The van der Waals surface area contributed by atoms with Crippen LogP contribution in [0.3, 0.4) is 0 Å². The molecule has 0 aliphatic rings. The predicted molar refractivity (Wildman–Crippen MR) is 130 cm³/mol. The Morgan fingerprint density at radius 3 is 2.56 bits per heavy atom. The summed E-state index contributed by atoms with van der Waals surface area (Å²) in [6, 6.07) is 11.8. The van der Waals surface area contributed by atoms with Crippen LogP contribution in [0, 0.1) is 11.7 Å². The molecule has 192 valence electrons. The Morgan fingerprint density at radius 2 is 1.89 bits per heavy atom. The lowest BCUT2D eigenvalue weighted by Crippen LogP contribution is -2.47. The second-order valence-corrected chi connectivity index (χ2v) is 9.33. The van der Waals surface area contributed by atoms with E-state index in [0.717, 1.165) is 0 Å². The number of aliphatic hydroxyl groups is 1. The highest BCUT2D eigenvalue weighted by atomic mass is 19.1. The standard InChI is InChI=1S/C26H30F2N4O4/c1-26(2,28)11-10-17(24(29)34)14-22(33)21(13-16-6-5-7-18(27)12-16)32-25(35)36-23-15-30-19-8-3-4-9-20(19)31-23/h3-9,12,15,17,21-22,33H,10-11,13-14H2,1-2H3,(H2,29,34)(H,32,35)/t17-,21?,22+/m1/s1. The van der Waals surface area contributed by atoms with Crippen molar-refractivity contribution >= 4 is 23.0 Å². The molecule has 0 aliphatic heterocycles. The minimum atomic E-state index is -1.51. The van der Waals surface area contributed by atoms with Crippen LogP contribution in [0.2, 0.25) is 0 Å². The average molecular weight is 501 g/mol. The number of ether oxygens (including phenoxy) is 1. The van der Waals surface area contributed by atoms with E-state index in [0.29, 0.717) is 16.6 Å². The maximum absolute atomic E-state index is 14.0. The molecule has 8 nitrogen and oxygen atoms in total. The molecule has 0 aliphatic carbocycles. The van der Waals surface area contributed by atoms with Crippen LogP contribution in [-0.2, 0) is 11.2 Å². The first-order chi connectivity index (χ1) is 17.0. The SMILES string of the molecule is CC(C)(F)CC[C@H](C[C@H](O)C(Cc1cccc(F)c1)NC(=O)Oc1cnc2ccccc2n1)C(N)=O. The molecule has 3 atom stereocenters. The van der Waals surface area contributed by atoms with Gasteiger partial charge >= 0.3 is 6.09 Å². The number of carbonyl (C=O) groups is 2. The van der Waals surface area contributed by atoms with E-state index in [1.54, 1.807) is 30.3 Å². The van der Waals surface area contributed by atoms with Crippen LogP contribution >= 0.6 is 0 Å². The van der Waals surface area contributed by atoms with Crippen molar-refractivity contribution in [2.45, 2.75) is 57.3 Å². The number of aromatic nitrogens is 2. The number of nitrogens with zero attached hydrogens (tertiary/aromatic N) is 2. The number of benzene rings is 2. The Bertz CT molecular complexity index is 1200. The molecule has 2 aromatic carbocycles. The van der Waals surface area contributed by atoms with E-state index in [2.05, 4.69) is 15.3 Å². The van der Waals surface area contributed by atoms with Crippen molar-refractivity contribution in [2.75, 3.05) is 0 Å². The summed E-state index contributed by atoms with van der Waals surface area (Å²) >= 11 is 0. The zero-order valence-corrected chi connectivity index (χ0v) is 20.2. The summed E-state index contributed by atoms with van der Waals surface area (Å²) < 4.78 is 33.0. The summed E-state index contributed by atoms with van der Waals surface area (Å²) in [6.45, 7) is 2.78. The van der Waals surface area contributed by atoms with Gasteiger partial charge in [-0.15, -0.1) is 0 Å². The lowest BCUT2D eigenvalue weighted by Gasteiger charge is -2.27. The minimum absolute atomic E-state index is 0.0392. The van der Waals surface area contributed by atoms with E-state index >= 15 is 0 Å². The molecular formula is C26H30F2N4O4. The van der Waals surface area contributed by atoms with Gasteiger partial charge in [0.15, 0.2) is 0 Å². The molecule has 0 saturated carbocycles. The van der Waals surface area contributed by atoms with E-state index in [-0.39, 0.29) is 31.6 Å². The minimum Gasteiger partial charge on any atom is -0.391 e. The van der Waals surface area contributed by atoms with E-state index in [1.807, 2.05) is 0 Å². The number of rotatable bonds is 11. The van der Waals surface area contributed by atoms with Crippen molar-refractivity contribution in [3.63, 3.8) is 0 Å². The monoisotopic (exact) mass is 500 g/mol. The molecule has 0 bridgehead atoms. The molecule has 2 amide bonds. The van der Waals surface area contributed by atoms with Crippen molar-refractivity contribution in [2.24, 2.45) is 11.7 Å². The van der Waals surface area contributed by atoms with Gasteiger partial charge < -0.3 is 20.9 Å². The van der Waals surface area contributed by atoms with Gasteiger partial charge in [0.05, 0.1) is 29.4 Å². The van der Waals surface area contributed by atoms with Gasteiger partial charge in [0, 0.05) is 5.92 Å². The van der Waals surface area contributed by atoms with E-state index < -0.39 is 41.6 Å². The summed E-state index contributed by atoms with van der Waals surface area (Å²) in [5.41, 5.74) is 5.63. The van der Waals surface area contributed by atoms with Crippen LogP contribution in [0.1, 0.15) is 38.7 Å². The van der Waals surface area contributed by atoms with E-state index in [4.69, 9.17) is 10.5 Å². The number of halogens is 2. The van der Waals surface area contributed by atoms with Gasteiger partial charge in [-0.25, -0.2) is 23.5 Å². The van der Waals surface area contributed by atoms with Gasteiger partial charge in [-0.05, 0) is 69.4 Å². The smallest absolute Gasteiger partial charge is 0.391 e. The zero-order chi connectivity index (χ0) is 26.3. The highest BCUT2D eigenvalue weighted by Crippen LogP contribution is 2.24. The molecule has 0 fully saturated rings. The highest BCUT2D eigenvalue weighted by Gasteiger charge is 2.29. The van der Waals surface area contributed by atoms with Crippen molar-refractivity contribution in [3.8, 4) is 5.88 Å². The van der Waals surface area contributed by atoms with Crippen LogP contribution in [0.15, 0.2) is 54.7 Å². The molecule has 1 heterocycles. The van der Waals surface area contributed by atoms with Crippen LogP contribution in [0.25, 0.3) is 11.0 Å². The molecule has 1 aromatic heterocycles. The largest absolute Gasteiger partial charge is 0.414 e. The summed E-state index contributed by atoms with van der Waals surface area (Å²) in [5, 5.41) is 13.5. The van der Waals surface area contributed by atoms with Crippen molar-refractivity contribution in [3.05, 3.63) is 66.1 Å². The first-order valence-electron chi connectivity index (χ1n) is 11.6. The number of primary amides is 1. The van der Waals surface area contributed by atoms with Crippen LogP contribution in [0.4, 0.5) is 13.6 Å². The fourth-order valence-corrected chi connectivity index (χ4v) is 3.82. The van der Waals surface area contributed by atoms with Crippen LogP contribution in [-0.4, -0.2) is 44.9 Å². The quantitative estimate of drug-likeness (QED) is 0.367. The van der Waals surface area contributed by atoms with Crippen molar-refractivity contribution in [1.29, 1.82) is 0 Å². The van der Waals surface area contributed by atoms with Gasteiger partial charge in [-0.3, -0.25) is 4.79 Å². The molecule has 0 radical (unpaired) electrons. The number of aliphatic hydroxyl groups excluding tert-OH is 1. The molecule has 36 heavy (non-hydrogen) atoms. The number of para-hydroxylation sites is 2. The molecule has 0 spiro atoms. The van der Waals surface area contributed by atoms with Gasteiger partial charge in [-0.1, -0.05) is 24.3 Å². The zero-order valence-electron chi connectivity index (χ0n) is 20.2. The number of hydrogen-bond acceptors (Lipinski definition) is 6. The van der Waals surface area contributed by atoms with Gasteiger partial charge in [0.2, 0.25) is 11.8 Å². The highest BCUT2D eigenvalue weighted by molar-refractivity contribution is 5.77. The Hall–Kier alpha value is -3.66. The third-order valence-electron chi connectivity index (χ3n) is 5.75. The third kappa shape index (κ3) is 8.23. The van der Waals surface area contributed by atoms with Crippen LogP contribution < -0.4 is 15.8 Å². The van der Waals surface area contributed by atoms with Gasteiger partial charge in [0.1, 0.15) is 11.5 Å². The summed E-state index contributed by atoms with van der Waals surface area (Å²) in [6.07, 6.45) is -0.775. The molecule has 0 saturated heterocycles. The average Bonchev–Trinajstić information content (AvgIpc) is 2.80. The van der Waals surface area contributed by atoms with Crippen molar-refractivity contribution < 1.29 is 28.2 Å². The fraction of sp³-hybridized carbons (Fsp3) is 0.385. The molecule has 1 unspecified atom stereocenters. The summed E-state index contributed by atoms with van der Waals surface area (Å²) in [5.74, 6) is -2.04. The second kappa shape index (κ2) is 11.9. The van der Waals surface area contributed by atoms with E-state index in [1.165, 1.54) is 38.2 Å². The topological polar surface area (TPSA) is 127 Å². The first-order valence-corrected chi connectivity index (χ1v) is 11.6. The molecule has 10 heteroatoms. The predicted octanol–water partition coefficient (Wildman–Crippen LogP) is 3.85. The number of fused-ring (bicyclic) bond motifs is 1. The van der Waals surface area contributed by atoms with Crippen LogP contribution in [0.5, 0.6) is 5.88 Å². The summed E-state index contributed by atoms with van der Waals surface area (Å²) in [7, 11) is 0. The Morgan fingerprint density at radius 1 is 1.17 bits per heavy atom. The van der Waals surface area contributed by atoms with Gasteiger partial charge in [0.25, 0.3) is 0 Å². The number of nitrogens with two attached hydrogens (primary N) is 1. The van der Waals surface area contributed by atoms with Gasteiger partial charge in [-0.2, -0.15) is 0 Å². The Kier molecular flexibility index (Phi) is 8.87. The molecule has 4 N–H and O–H groups in total. The lowest BCUT2D eigenvalue weighted by atomic mass is 9.88. The second-order valence-electron chi connectivity index (χ2n) is 9.33. The number of hydrogen-bond donors (Lipinski definition) is 3. The molecular weight excluding hydrogens is 470 g/mol. The number of nitrogens with one attached hydrogen (secondary N) is 1. The van der Waals surface area contributed by atoms with Crippen molar-refractivity contribution in [1.82, 2.24) is 15.3 Å². The Balaban J connectivity index is 1.74. The lowest BCUT2D eigenvalue weighted by molar-refractivity contribution is -0.123. The maximum atomic E-state index is 14.0. The normalized spacial score (nSPS) is 14.1.